The van der Waals surface area contributed by atoms with Crippen molar-refractivity contribution in [2.24, 2.45) is 0 Å². The second kappa shape index (κ2) is 4.06. The van der Waals surface area contributed by atoms with E-state index < -0.39 is 11.6 Å². The number of rotatable bonds is 1. The Morgan fingerprint density at radius 2 is 2.05 bits per heavy atom. The Hall–Kier alpha value is -1.89. The molecule has 1 atom stereocenters. The number of carbonyl (C=O) groups excluding carboxylic acids is 3. The predicted octanol–water partition coefficient (Wildman–Crippen LogP) is -1.28. The largest absolute Gasteiger partial charge is 0.336 e. The molecule has 3 N–H and O–H groups in total. The van der Waals surface area contributed by atoms with Gasteiger partial charge in [0.1, 0.15) is 5.54 Å². The molecule has 0 saturated carbocycles. The Kier molecular flexibility index (Phi) is 2.60. The van der Waals surface area contributed by atoms with Gasteiger partial charge in [0.05, 0.1) is 6.54 Å². The number of carbonyl (C=O) groups is 3. The van der Waals surface area contributed by atoms with Gasteiger partial charge in [-0.05, 0) is 18.9 Å². The Labute approximate surface area is 110 Å². The van der Waals surface area contributed by atoms with E-state index in [0.717, 1.165) is 24.2 Å². The van der Waals surface area contributed by atoms with Crippen molar-refractivity contribution in [3.8, 4) is 0 Å². The third-order valence-electron chi connectivity index (χ3n) is 4.10. The maximum Gasteiger partial charge on any atom is 0.322 e. The van der Waals surface area contributed by atoms with Crippen LogP contribution in [-0.4, -0.2) is 54.5 Å². The summed E-state index contributed by atoms with van der Waals surface area (Å²) in [5.41, 5.74) is 0.946. The molecule has 0 radical (unpaired) electrons. The van der Waals surface area contributed by atoms with E-state index in [2.05, 4.69) is 16.0 Å². The van der Waals surface area contributed by atoms with Gasteiger partial charge in [0.15, 0.2) is 0 Å². The Balaban J connectivity index is 1.74. The van der Waals surface area contributed by atoms with E-state index in [-0.39, 0.29) is 18.4 Å². The van der Waals surface area contributed by atoms with Crippen molar-refractivity contribution in [3.63, 3.8) is 0 Å². The van der Waals surface area contributed by atoms with Gasteiger partial charge in [-0.15, -0.1) is 0 Å². The van der Waals surface area contributed by atoms with Crippen molar-refractivity contribution >= 4 is 17.8 Å². The molecule has 0 aromatic carbocycles. The molecule has 1 spiro atoms. The minimum Gasteiger partial charge on any atom is -0.336 e. The molecule has 1 unspecified atom stereocenters. The van der Waals surface area contributed by atoms with Crippen LogP contribution >= 0.6 is 0 Å². The maximum absolute atomic E-state index is 12.3. The molecule has 0 bridgehead atoms. The molecule has 102 valence electrons. The van der Waals surface area contributed by atoms with E-state index in [9.17, 15) is 14.4 Å². The SMILES string of the molecule is CC(C(=O)N1CCC2(C1)NC(=O)NC2=O)=C1CNC1. The van der Waals surface area contributed by atoms with Gasteiger partial charge in [-0.2, -0.15) is 0 Å². The molecule has 3 aliphatic heterocycles. The van der Waals surface area contributed by atoms with E-state index in [4.69, 9.17) is 0 Å². The standard InChI is InChI=1S/C12H16N4O3/c1-7(8-4-13-5-8)9(17)16-3-2-12(6-16)10(18)14-11(19)15-12/h13H,2-6H2,1H3,(H2,14,15,18,19). The molecule has 4 amide bonds. The van der Waals surface area contributed by atoms with Crippen molar-refractivity contribution < 1.29 is 14.4 Å². The van der Waals surface area contributed by atoms with Crippen molar-refractivity contribution in [2.45, 2.75) is 18.9 Å². The summed E-state index contributed by atoms with van der Waals surface area (Å²) >= 11 is 0. The molecule has 3 fully saturated rings. The highest BCUT2D eigenvalue weighted by Crippen LogP contribution is 2.26. The highest BCUT2D eigenvalue weighted by atomic mass is 16.2. The molecule has 0 aromatic heterocycles. The molecule has 0 aromatic rings. The zero-order valence-electron chi connectivity index (χ0n) is 10.7. The lowest BCUT2D eigenvalue weighted by Gasteiger charge is -2.25. The van der Waals surface area contributed by atoms with Gasteiger partial charge in [-0.3, -0.25) is 14.9 Å². The smallest absolute Gasteiger partial charge is 0.322 e. The number of likely N-dealkylation sites (tertiary alicyclic amines) is 1. The van der Waals surface area contributed by atoms with E-state index in [1.807, 2.05) is 6.92 Å². The summed E-state index contributed by atoms with van der Waals surface area (Å²) in [6.45, 7) is 4.07. The molecule has 3 saturated heterocycles. The lowest BCUT2D eigenvalue weighted by Crippen LogP contribution is -2.50. The lowest BCUT2D eigenvalue weighted by molar-refractivity contribution is -0.127. The predicted molar refractivity (Wildman–Crippen MR) is 66.2 cm³/mol. The summed E-state index contributed by atoms with van der Waals surface area (Å²) < 4.78 is 0. The van der Waals surface area contributed by atoms with Gasteiger partial charge in [-0.1, -0.05) is 0 Å². The topological polar surface area (TPSA) is 90.5 Å². The third-order valence-corrected chi connectivity index (χ3v) is 4.10. The second-order valence-electron chi connectivity index (χ2n) is 5.30. The molecule has 7 nitrogen and oxygen atoms in total. The molecular weight excluding hydrogens is 248 g/mol. The van der Waals surface area contributed by atoms with Crippen LogP contribution in [0.5, 0.6) is 0 Å². The van der Waals surface area contributed by atoms with Crippen molar-refractivity contribution in [1.82, 2.24) is 20.9 Å². The van der Waals surface area contributed by atoms with Gasteiger partial charge in [0.2, 0.25) is 5.91 Å². The zero-order valence-corrected chi connectivity index (χ0v) is 10.7. The number of nitrogens with one attached hydrogen (secondary N) is 3. The van der Waals surface area contributed by atoms with Crippen molar-refractivity contribution in [3.05, 3.63) is 11.1 Å². The van der Waals surface area contributed by atoms with Crippen LogP contribution < -0.4 is 16.0 Å². The maximum atomic E-state index is 12.3. The minimum absolute atomic E-state index is 0.0395. The van der Waals surface area contributed by atoms with Crippen LogP contribution in [0.4, 0.5) is 4.79 Å². The first-order valence-corrected chi connectivity index (χ1v) is 6.34. The normalized spacial score (nSPS) is 29.3. The highest BCUT2D eigenvalue weighted by Gasteiger charge is 2.51. The van der Waals surface area contributed by atoms with Gasteiger partial charge >= 0.3 is 6.03 Å². The monoisotopic (exact) mass is 264 g/mol. The number of nitrogens with zero attached hydrogens (tertiary/aromatic N) is 1. The summed E-state index contributed by atoms with van der Waals surface area (Å²) in [7, 11) is 0. The van der Waals surface area contributed by atoms with Crippen LogP contribution in [0.3, 0.4) is 0 Å². The number of hydrogen-bond acceptors (Lipinski definition) is 4. The molecule has 7 heteroatoms. The first-order chi connectivity index (χ1) is 9.02. The minimum atomic E-state index is -0.921. The summed E-state index contributed by atoms with van der Waals surface area (Å²) in [4.78, 5) is 37.0. The van der Waals surface area contributed by atoms with E-state index in [1.165, 1.54) is 0 Å². The molecule has 3 rings (SSSR count). The van der Waals surface area contributed by atoms with Gasteiger partial charge in [0.25, 0.3) is 5.91 Å². The quantitative estimate of drug-likeness (QED) is 0.406. The number of imide groups is 1. The van der Waals surface area contributed by atoms with Crippen LogP contribution in [0.15, 0.2) is 11.1 Å². The Bertz CT molecular complexity index is 507. The van der Waals surface area contributed by atoms with Crippen LogP contribution in [0.25, 0.3) is 0 Å². The fourth-order valence-electron chi connectivity index (χ4n) is 2.70. The van der Waals surface area contributed by atoms with Crippen LogP contribution in [-0.2, 0) is 9.59 Å². The summed E-state index contributed by atoms with van der Waals surface area (Å²) in [6, 6.07) is -0.474. The summed E-state index contributed by atoms with van der Waals surface area (Å²) in [5, 5.41) is 7.97. The van der Waals surface area contributed by atoms with Crippen LogP contribution in [0.1, 0.15) is 13.3 Å². The highest BCUT2D eigenvalue weighted by molar-refractivity contribution is 6.08. The fraction of sp³-hybridized carbons (Fsp3) is 0.583. The van der Waals surface area contributed by atoms with Crippen molar-refractivity contribution in [1.29, 1.82) is 0 Å². The first-order valence-electron chi connectivity index (χ1n) is 6.34. The number of urea groups is 1. The van der Waals surface area contributed by atoms with E-state index in [0.29, 0.717) is 13.0 Å². The first kappa shape index (κ1) is 12.2. The van der Waals surface area contributed by atoms with Crippen molar-refractivity contribution in [2.75, 3.05) is 26.2 Å². The third kappa shape index (κ3) is 1.81. The van der Waals surface area contributed by atoms with E-state index in [1.54, 1.807) is 4.90 Å². The number of hydrogen-bond donors (Lipinski definition) is 3. The lowest BCUT2D eigenvalue weighted by atomic mass is 9.99. The number of amides is 4. The van der Waals surface area contributed by atoms with Gasteiger partial charge in [-0.25, -0.2) is 4.79 Å². The van der Waals surface area contributed by atoms with Crippen LogP contribution in [0, 0.1) is 0 Å². The molecule has 19 heavy (non-hydrogen) atoms. The van der Waals surface area contributed by atoms with Gasteiger partial charge < -0.3 is 15.5 Å². The van der Waals surface area contributed by atoms with E-state index >= 15 is 0 Å². The zero-order chi connectivity index (χ0) is 13.6. The molecule has 3 aliphatic rings. The average molecular weight is 264 g/mol. The molecule has 0 aliphatic carbocycles. The fourth-order valence-corrected chi connectivity index (χ4v) is 2.70. The average Bonchev–Trinajstić information content (AvgIpc) is 2.81. The second-order valence-corrected chi connectivity index (χ2v) is 5.30. The van der Waals surface area contributed by atoms with Gasteiger partial charge in [0, 0.05) is 25.2 Å². The Morgan fingerprint density at radius 3 is 2.58 bits per heavy atom. The Morgan fingerprint density at radius 1 is 1.32 bits per heavy atom. The summed E-state index contributed by atoms with van der Waals surface area (Å²) in [6.07, 6.45) is 0.469. The molecular formula is C12H16N4O3. The molecule has 3 heterocycles. The van der Waals surface area contributed by atoms with Crippen LogP contribution in [0.2, 0.25) is 0 Å². The summed E-state index contributed by atoms with van der Waals surface area (Å²) in [5.74, 6) is -0.370.